The lowest BCUT2D eigenvalue weighted by molar-refractivity contribution is 0.204. The molecule has 2 rings (SSSR count). The monoisotopic (exact) mass is 278 g/mol. The van der Waals surface area contributed by atoms with Crippen molar-refractivity contribution in [3.63, 3.8) is 0 Å². The molecule has 1 aromatic heterocycles. The van der Waals surface area contributed by atoms with Crippen LogP contribution in [0.25, 0.3) is 11.1 Å². The molecule has 0 radical (unpaired) electrons. The van der Waals surface area contributed by atoms with Crippen molar-refractivity contribution >= 4 is 22.9 Å². The number of oxazole rings is 1. The first-order valence-electron chi connectivity index (χ1n) is 6.30. The van der Waals surface area contributed by atoms with E-state index in [1.807, 2.05) is 29.2 Å². The van der Waals surface area contributed by atoms with Gasteiger partial charge >= 0.3 is 0 Å². The highest BCUT2D eigenvalue weighted by Gasteiger charge is 2.14. The minimum atomic E-state index is 0.170. The van der Waals surface area contributed by atoms with Crippen LogP contribution in [0.3, 0.4) is 0 Å². The highest BCUT2D eigenvalue weighted by molar-refractivity contribution is 5.80. The van der Waals surface area contributed by atoms with Crippen molar-refractivity contribution in [1.82, 2.24) is 4.98 Å². The Balaban J connectivity index is 2.15. The van der Waals surface area contributed by atoms with Crippen LogP contribution in [0.5, 0.6) is 0 Å². The predicted octanol–water partition coefficient (Wildman–Crippen LogP) is 1.42. The van der Waals surface area contributed by atoms with E-state index < -0.39 is 0 Å². The van der Waals surface area contributed by atoms with Gasteiger partial charge in [-0.1, -0.05) is 17.3 Å². The Morgan fingerprint density at radius 2 is 2.25 bits per heavy atom. The molecule has 2 aromatic rings. The summed E-state index contributed by atoms with van der Waals surface area (Å²) in [5.41, 5.74) is 7.02. The quantitative estimate of drug-likeness (QED) is 0.344. The van der Waals surface area contributed by atoms with Gasteiger partial charge < -0.3 is 25.0 Å². The smallest absolute Gasteiger partial charge is 0.298 e. The fourth-order valence-electron chi connectivity index (χ4n) is 1.80. The second-order valence-corrected chi connectivity index (χ2v) is 4.29. The summed E-state index contributed by atoms with van der Waals surface area (Å²) in [6.45, 7) is 1.68. The lowest BCUT2D eigenvalue weighted by Crippen LogP contribution is -2.31. The number of rotatable bonds is 7. The number of anilines is 1. The van der Waals surface area contributed by atoms with Gasteiger partial charge in [0, 0.05) is 26.6 Å². The van der Waals surface area contributed by atoms with Crippen molar-refractivity contribution in [2.75, 3.05) is 31.7 Å². The second kappa shape index (κ2) is 6.76. The molecule has 1 aromatic carbocycles. The fourth-order valence-corrected chi connectivity index (χ4v) is 1.80. The number of para-hydroxylation sites is 2. The minimum Gasteiger partial charge on any atom is -0.423 e. The molecule has 7 nitrogen and oxygen atoms in total. The fraction of sp³-hybridized carbons (Fsp3) is 0.385. The molecule has 0 aliphatic carbocycles. The Hall–Kier alpha value is -2.28. The maximum atomic E-state index is 8.59. The van der Waals surface area contributed by atoms with E-state index in [-0.39, 0.29) is 5.84 Å². The summed E-state index contributed by atoms with van der Waals surface area (Å²) in [5.74, 6) is 0.170. The zero-order valence-electron chi connectivity index (χ0n) is 11.3. The maximum absolute atomic E-state index is 8.59. The van der Waals surface area contributed by atoms with Crippen molar-refractivity contribution in [1.29, 1.82) is 0 Å². The average molecular weight is 278 g/mol. The molecule has 1 heterocycles. The number of aromatic nitrogens is 1. The van der Waals surface area contributed by atoms with Gasteiger partial charge in [-0.2, -0.15) is 4.98 Å². The number of amidine groups is 1. The summed E-state index contributed by atoms with van der Waals surface area (Å²) < 4.78 is 10.8. The number of ether oxygens (including phenoxy) is 1. The molecule has 3 N–H and O–H groups in total. The first-order valence-corrected chi connectivity index (χ1v) is 6.30. The molecule has 0 fully saturated rings. The zero-order chi connectivity index (χ0) is 14.4. The summed E-state index contributed by atoms with van der Waals surface area (Å²) in [5, 5.41) is 11.6. The Kier molecular flexibility index (Phi) is 4.78. The minimum absolute atomic E-state index is 0.170. The van der Waals surface area contributed by atoms with Gasteiger partial charge in [0.15, 0.2) is 5.58 Å². The van der Waals surface area contributed by atoms with Crippen molar-refractivity contribution in [2.24, 2.45) is 10.9 Å². The van der Waals surface area contributed by atoms with Gasteiger partial charge in [-0.3, -0.25) is 0 Å². The summed E-state index contributed by atoms with van der Waals surface area (Å²) in [6.07, 6.45) is 0.416. The molecule has 0 spiro atoms. The van der Waals surface area contributed by atoms with Crippen LogP contribution >= 0.6 is 0 Å². The Morgan fingerprint density at radius 1 is 1.45 bits per heavy atom. The van der Waals surface area contributed by atoms with Crippen molar-refractivity contribution in [2.45, 2.75) is 6.42 Å². The lowest BCUT2D eigenvalue weighted by atomic mass is 10.3. The molecule has 0 saturated heterocycles. The van der Waals surface area contributed by atoms with Crippen LogP contribution in [0.1, 0.15) is 6.42 Å². The molecule has 0 atom stereocenters. The normalized spacial score (nSPS) is 11.9. The SMILES string of the molecule is COCCN(CCC(N)=NO)c1nc2ccccc2o1. The number of fused-ring (bicyclic) bond motifs is 1. The molecule has 0 bridgehead atoms. The van der Waals surface area contributed by atoms with E-state index in [4.69, 9.17) is 20.1 Å². The van der Waals surface area contributed by atoms with E-state index in [0.717, 1.165) is 11.1 Å². The number of nitrogens with zero attached hydrogens (tertiary/aromatic N) is 3. The number of hydrogen-bond donors (Lipinski definition) is 2. The summed E-state index contributed by atoms with van der Waals surface area (Å²) >= 11 is 0. The molecule has 0 amide bonds. The van der Waals surface area contributed by atoms with Crippen LogP contribution in [0, 0.1) is 0 Å². The van der Waals surface area contributed by atoms with Crippen LogP contribution in [0.15, 0.2) is 33.8 Å². The Labute approximate surface area is 116 Å². The van der Waals surface area contributed by atoms with Crippen molar-refractivity contribution in [3.8, 4) is 0 Å². The molecule has 20 heavy (non-hydrogen) atoms. The number of methoxy groups -OCH3 is 1. The number of benzene rings is 1. The molecule has 108 valence electrons. The van der Waals surface area contributed by atoms with Crippen LogP contribution in [-0.4, -0.2) is 42.8 Å². The number of oxime groups is 1. The molecular formula is C13H18N4O3. The zero-order valence-corrected chi connectivity index (χ0v) is 11.3. The predicted molar refractivity (Wildman–Crippen MR) is 76.1 cm³/mol. The first kappa shape index (κ1) is 14.1. The molecule has 0 aliphatic heterocycles. The van der Waals surface area contributed by atoms with Gasteiger partial charge in [-0.05, 0) is 12.1 Å². The molecule has 0 unspecified atom stereocenters. The van der Waals surface area contributed by atoms with Crippen LogP contribution in [-0.2, 0) is 4.74 Å². The lowest BCUT2D eigenvalue weighted by Gasteiger charge is -2.19. The van der Waals surface area contributed by atoms with Gasteiger partial charge in [0.25, 0.3) is 6.01 Å². The topological polar surface area (TPSA) is 97.1 Å². The summed E-state index contributed by atoms with van der Waals surface area (Å²) in [4.78, 5) is 6.33. The third-order valence-electron chi connectivity index (χ3n) is 2.88. The van der Waals surface area contributed by atoms with E-state index in [1.54, 1.807) is 7.11 Å². The molecule has 7 heteroatoms. The summed E-state index contributed by atoms with van der Waals surface area (Å²) in [6, 6.07) is 8.07. The van der Waals surface area contributed by atoms with E-state index in [9.17, 15) is 0 Å². The third kappa shape index (κ3) is 3.39. The van der Waals surface area contributed by atoms with Crippen LogP contribution in [0.4, 0.5) is 6.01 Å². The molecule has 0 saturated carbocycles. The van der Waals surface area contributed by atoms with E-state index in [2.05, 4.69) is 10.1 Å². The van der Waals surface area contributed by atoms with E-state index >= 15 is 0 Å². The first-order chi connectivity index (χ1) is 9.74. The van der Waals surface area contributed by atoms with Crippen molar-refractivity contribution in [3.05, 3.63) is 24.3 Å². The molecule has 0 aliphatic rings. The van der Waals surface area contributed by atoms with Gasteiger partial charge in [0.05, 0.1) is 6.61 Å². The van der Waals surface area contributed by atoms with E-state index in [1.165, 1.54) is 0 Å². The average Bonchev–Trinajstić information content (AvgIpc) is 2.90. The Morgan fingerprint density at radius 3 is 2.95 bits per heavy atom. The van der Waals surface area contributed by atoms with Crippen LogP contribution < -0.4 is 10.6 Å². The standard InChI is InChI=1S/C13H18N4O3/c1-19-9-8-17(7-6-12(14)16-18)13-15-10-4-2-3-5-11(10)20-13/h2-5,18H,6-9H2,1H3,(H2,14,16). The van der Waals surface area contributed by atoms with Gasteiger partial charge in [0.2, 0.25) is 0 Å². The molecular weight excluding hydrogens is 260 g/mol. The maximum Gasteiger partial charge on any atom is 0.298 e. The van der Waals surface area contributed by atoms with E-state index in [0.29, 0.717) is 32.1 Å². The highest BCUT2D eigenvalue weighted by atomic mass is 16.5. The van der Waals surface area contributed by atoms with Gasteiger partial charge in [0.1, 0.15) is 11.4 Å². The van der Waals surface area contributed by atoms with Gasteiger partial charge in [-0.25, -0.2) is 0 Å². The van der Waals surface area contributed by atoms with Crippen LogP contribution in [0.2, 0.25) is 0 Å². The van der Waals surface area contributed by atoms with Crippen molar-refractivity contribution < 1.29 is 14.4 Å². The number of nitrogens with two attached hydrogens (primary N) is 1. The summed E-state index contributed by atoms with van der Waals surface area (Å²) in [7, 11) is 1.63. The highest BCUT2D eigenvalue weighted by Crippen LogP contribution is 2.21. The third-order valence-corrected chi connectivity index (χ3v) is 2.88. The number of hydrogen-bond acceptors (Lipinski definition) is 6. The largest absolute Gasteiger partial charge is 0.423 e. The Bertz CT molecular complexity index is 549. The second-order valence-electron chi connectivity index (χ2n) is 4.29. The van der Waals surface area contributed by atoms with Gasteiger partial charge in [-0.15, -0.1) is 0 Å².